The maximum atomic E-state index is 10.2. The first-order valence-electron chi connectivity index (χ1n) is 9.27. The molecule has 1 aliphatic rings. The molecule has 1 aliphatic heterocycles. The number of likely N-dealkylation sites (N-methyl/N-ethyl adjacent to an activating group) is 1. The van der Waals surface area contributed by atoms with E-state index in [0.717, 1.165) is 34.4 Å². The number of unbranched alkanes of at least 4 members (excludes halogenated alkanes) is 1. The molecule has 1 unspecified atom stereocenters. The van der Waals surface area contributed by atoms with Crippen molar-refractivity contribution < 1.29 is 5.11 Å². The zero-order valence-electron chi connectivity index (χ0n) is 15.7. The highest BCUT2D eigenvalue weighted by atomic mass is 79.9. The lowest BCUT2D eigenvalue weighted by molar-refractivity contribution is 0.212. The maximum absolute atomic E-state index is 10.2. The molecule has 1 N–H and O–H groups in total. The predicted molar refractivity (Wildman–Crippen MR) is 115 cm³/mol. The van der Waals surface area contributed by atoms with Crippen molar-refractivity contribution in [2.24, 2.45) is 0 Å². The van der Waals surface area contributed by atoms with Gasteiger partial charge in [0.2, 0.25) is 0 Å². The molecule has 1 atom stereocenters. The Labute approximate surface area is 169 Å². The summed E-state index contributed by atoms with van der Waals surface area (Å²) in [4.78, 5) is 3.50. The molecule has 0 aromatic heterocycles. The molecule has 0 bridgehead atoms. The average Bonchev–Trinajstić information content (AvgIpc) is 2.76. The minimum atomic E-state index is 0.0810. The Morgan fingerprint density at radius 1 is 1.19 bits per heavy atom. The number of nitrogens with zero attached hydrogens (tertiary/aromatic N) is 2. The van der Waals surface area contributed by atoms with E-state index in [1.165, 1.54) is 18.5 Å². The number of hydrogen-bond donors (Lipinski definition) is 1. The molecule has 3 nitrogen and oxygen atoms in total. The molecule has 26 heavy (non-hydrogen) atoms. The second-order valence-corrected chi connectivity index (χ2v) is 8.99. The van der Waals surface area contributed by atoms with E-state index in [1.807, 2.05) is 12.1 Å². The van der Waals surface area contributed by atoms with Crippen molar-refractivity contribution in [3.8, 4) is 5.75 Å². The minimum absolute atomic E-state index is 0.0810. The normalized spacial score (nSPS) is 20.7. The largest absolute Gasteiger partial charge is 0.507 e. The number of phenols is 1. The number of phenolic OH excluding ortho intramolecular Hbond substituents is 1. The Balaban J connectivity index is 2.13. The zero-order valence-corrected chi connectivity index (χ0v) is 18.1. The SMILES string of the molecule is CCCCC1(CC)CN(c2ccccc2)c2cc(Br)c(O)cc2SN1C. The first kappa shape index (κ1) is 19.6. The van der Waals surface area contributed by atoms with Gasteiger partial charge in [-0.2, -0.15) is 0 Å². The summed E-state index contributed by atoms with van der Waals surface area (Å²) < 4.78 is 3.15. The van der Waals surface area contributed by atoms with Crippen molar-refractivity contribution in [1.29, 1.82) is 0 Å². The summed E-state index contributed by atoms with van der Waals surface area (Å²) in [5.74, 6) is 0.287. The number of halogens is 1. The van der Waals surface area contributed by atoms with E-state index in [-0.39, 0.29) is 11.3 Å². The predicted octanol–water partition coefficient (Wildman–Crippen LogP) is 6.58. The lowest BCUT2D eigenvalue weighted by atomic mass is 9.88. The third kappa shape index (κ3) is 3.75. The molecule has 0 saturated carbocycles. The molecule has 2 aromatic rings. The molecule has 1 heterocycles. The standard InChI is InChI=1S/C21H27BrN2OS/c1-4-6-12-21(5-2)15-24(16-10-8-7-9-11-16)18-13-17(22)19(25)14-20(18)26-23(21)3/h7-11,13-14,25H,4-6,12,15H2,1-3H3. The van der Waals surface area contributed by atoms with Gasteiger partial charge in [0.1, 0.15) is 5.75 Å². The molecule has 0 saturated heterocycles. The van der Waals surface area contributed by atoms with E-state index >= 15 is 0 Å². The highest BCUT2D eigenvalue weighted by molar-refractivity contribution is 9.10. The third-order valence-corrected chi connectivity index (χ3v) is 7.22. The van der Waals surface area contributed by atoms with Crippen molar-refractivity contribution in [3.63, 3.8) is 0 Å². The summed E-state index contributed by atoms with van der Waals surface area (Å²) in [6.07, 6.45) is 4.66. The van der Waals surface area contributed by atoms with E-state index in [0.29, 0.717) is 0 Å². The lowest BCUT2D eigenvalue weighted by Crippen LogP contribution is -2.49. The summed E-state index contributed by atoms with van der Waals surface area (Å²) in [5, 5.41) is 10.2. The van der Waals surface area contributed by atoms with Crippen LogP contribution in [0.25, 0.3) is 0 Å². The zero-order chi connectivity index (χ0) is 18.7. The Bertz CT molecular complexity index is 755. The van der Waals surface area contributed by atoms with Crippen LogP contribution in [0.1, 0.15) is 39.5 Å². The Hall–Kier alpha value is -1.17. The van der Waals surface area contributed by atoms with Crippen LogP contribution in [0.2, 0.25) is 0 Å². The second-order valence-electron chi connectivity index (χ2n) is 6.96. The van der Waals surface area contributed by atoms with Gasteiger partial charge in [0, 0.05) is 17.8 Å². The van der Waals surface area contributed by atoms with Crippen molar-refractivity contribution in [2.45, 2.75) is 50.0 Å². The fourth-order valence-corrected chi connectivity index (χ4v) is 5.16. The van der Waals surface area contributed by atoms with Crippen molar-refractivity contribution in [1.82, 2.24) is 4.31 Å². The third-order valence-electron chi connectivity index (χ3n) is 5.40. The summed E-state index contributed by atoms with van der Waals surface area (Å²) in [7, 11) is 2.20. The number of benzene rings is 2. The Morgan fingerprint density at radius 2 is 1.92 bits per heavy atom. The van der Waals surface area contributed by atoms with Crippen LogP contribution in [0.3, 0.4) is 0 Å². The van der Waals surface area contributed by atoms with Crippen LogP contribution in [-0.2, 0) is 0 Å². The van der Waals surface area contributed by atoms with Gasteiger partial charge in [-0.25, -0.2) is 4.31 Å². The van der Waals surface area contributed by atoms with Crippen molar-refractivity contribution in [2.75, 3.05) is 18.5 Å². The maximum Gasteiger partial charge on any atom is 0.131 e. The highest BCUT2D eigenvalue weighted by Gasteiger charge is 2.39. The first-order valence-corrected chi connectivity index (χ1v) is 10.8. The van der Waals surface area contributed by atoms with E-state index < -0.39 is 0 Å². The molecular weight excluding hydrogens is 408 g/mol. The van der Waals surface area contributed by atoms with Crippen LogP contribution >= 0.6 is 27.9 Å². The molecule has 5 heteroatoms. The van der Waals surface area contributed by atoms with E-state index in [2.05, 4.69) is 76.4 Å². The molecule has 0 fully saturated rings. The van der Waals surface area contributed by atoms with E-state index in [9.17, 15) is 5.11 Å². The lowest BCUT2D eigenvalue weighted by Gasteiger charge is -2.42. The van der Waals surface area contributed by atoms with E-state index in [1.54, 1.807) is 11.9 Å². The number of aromatic hydroxyl groups is 1. The van der Waals surface area contributed by atoms with Gasteiger partial charge in [-0.3, -0.25) is 0 Å². The summed E-state index contributed by atoms with van der Waals surface area (Å²) >= 11 is 5.25. The van der Waals surface area contributed by atoms with Gasteiger partial charge < -0.3 is 10.0 Å². The van der Waals surface area contributed by atoms with Gasteiger partial charge in [0.15, 0.2) is 0 Å². The fraction of sp³-hybridized carbons (Fsp3) is 0.429. The number of para-hydroxylation sites is 1. The molecule has 0 amide bonds. The van der Waals surface area contributed by atoms with Crippen LogP contribution in [0.4, 0.5) is 11.4 Å². The molecule has 140 valence electrons. The van der Waals surface area contributed by atoms with Gasteiger partial charge in [-0.05, 0) is 72.0 Å². The number of hydrogen-bond acceptors (Lipinski definition) is 4. The average molecular weight is 435 g/mol. The molecular formula is C21H27BrN2OS. The first-order chi connectivity index (χ1) is 12.5. The molecule has 3 rings (SSSR count). The summed E-state index contributed by atoms with van der Waals surface area (Å²) in [5.41, 5.74) is 2.42. The van der Waals surface area contributed by atoms with Gasteiger partial charge in [-0.1, -0.05) is 44.9 Å². The highest BCUT2D eigenvalue weighted by Crippen LogP contribution is 2.48. The molecule has 0 spiro atoms. The monoisotopic (exact) mass is 434 g/mol. The van der Waals surface area contributed by atoms with E-state index in [4.69, 9.17) is 0 Å². The van der Waals surface area contributed by atoms with Crippen LogP contribution in [-0.4, -0.2) is 28.5 Å². The Kier molecular flexibility index (Phi) is 6.21. The van der Waals surface area contributed by atoms with Crippen LogP contribution in [0, 0.1) is 0 Å². The van der Waals surface area contributed by atoms with Gasteiger partial charge in [0.25, 0.3) is 0 Å². The van der Waals surface area contributed by atoms with Crippen molar-refractivity contribution >= 4 is 39.3 Å². The molecule has 0 aliphatic carbocycles. The topological polar surface area (TPSA) is 26.7 Å². The quantitative estimate of drug-likeness (QED) is 0.537. The number of fused-ring (bicyclic) bond motifs is 1. The number of anilines is 2. The molecule has 2 aromatic carbocycles. The van der Waals surface area contributed by atoms with Crippen LogP contribution in [0.15, 0.2) is 51.8 Å². The smallest absolute Gasteiger partial charge is 0.131 e. The van der Waals surface area contributed by atoms with Gasteiger partial charge in [0.05, 0.1) is 15.1 Å². The molecule has 0 radical (unpaired) electrons. The fourth-order valence-electron chi connectivity index (χ4n) is 3.63. The summed E-state index contributed by atoms with van der Waals surface area (Å²) in [6.45, 7) is 5.48. The van der Waals surface area contributed by atoms with Crippen molar-refractivity contribution in [3.05, 3.63) is 46.9 Å². The van der Waals surface area contributed by atoms with Gasteiger partial charge in [-0.15, -0.1) is 0 Å². The summed E-state index contributed by atoms with van der Waals surface area (Å²) in [6, 6.07) is 14.5. The van der Waals surface area contributed by atoms with Crippen LogP contribution in [0.5, 0.6) is 5.75 Å². The second kappa shape index (κ2) is 8.24. The minimum Gasteiger partial charge on any atom is -0.507 e. The van der Waals surface area contributed by atoms with Crippen LogP contribution < -0.4 is 4.90 Å². The number of rotatable bonds is 5. The van der Waals surface area contributed by atoms with Gasteiger partial charge >= 0.3 is 0 Å². The Morgan fingerprint density at radius 3 is 2.58 bits per heavy atom.